The summed E-state index contributed by atoms with van der Waals surface area (Å²) in [6.45, 7) is 64.3. The van der Waals surface area contributed by atoms with Crippen molar-refractivity contribution in [2.75, 3.05) is 4.57 Å². The smallest absolute Gasteiger partial charge is 0.269 e. The van der Waals surface area contributed by atoms with Crippen LogP contribution < -0.4 is 25.3 Å². The highest BCUT2D eigenvalue weighted by molar-refractivity contribution is 7.49. The molecular weight excluding hydrogens is 899 g/mol. The molecule has 0 unspecified atom stereocenters. The van der Waals surface area contributed by atoms with Gasteiger partial charge in [-0.3, -0.25) is 0 Å². The van der Waals surface area contributed by atoms with E-state index in [1.54, 1.807) is 70.2 Å². The number of benzene rings is 5. The van der Waals surface area contributed by atoms with E-state index in [1.165, 1.54) is 39.1 Å². The van der Waals surface area contributed by atoms with Gasteiger partial charge >= 0.3 is 0 Å². The molecule has 0 spiro atoms. The van der Waals surface area contributed by atoms with Crippen molar-refractivity contribution in [1.82, 2.24) is 0 Å². The molecular formula is C69H101NSi2. The molecule has 1 heterocycles. The van der Waals surface area contributed by atoms with Crippen LogP contribution >= 0.6 is 0 Å². The molecule has 1 saturated heterocycles. The van der Waals surface area contributed by atoms with Gasteiger partial charge in [0.15, 0.2) is 0 Å². The minimum atomic E-state index is -3.25. The largest absolute Gasteiger partial charge is 0.363 e. The summed E-state index contributed by atoms with van der Waals surface area (Å²) in [5.41, 5.74) is 22.8. The first-order valence-electron chi connectivity index (χ1n) is 28.9. The van der Waals surface area contributed by atoms with Crippen molar-refractivity contribution < 1.29 is 0 Å². The fourth-order valence-corrected chi connectivity index (χ4v) is 25.7. The molecule has 0 saturated carbocycles. The first-order chi connectivity index (χ1) is 33.5. The lowest BCUT2D eigenvalue weighted by Gasteiger charge is -2.33. The standard InChI is InChI=1S/C69H101NSi2/c1-38(2)52-30-56(42(9)10)65(57(31-52)43(11)12)71(66-58(44(13)14)32-53(39(3)4)33-59(66)45(15)16)69-70(64-50(25)28-27-29-51(64)26)72(69,67-60(46(17)18)34-54(40(5)6)35-61(67)47(19)20)68-62(48(21)22)36-55(41(7)8)37-63(68)49(23)24/h27-49H,1-26H3. The molecule has 5 aromatic rings. The van der Waals surface area contributed by atoms with Crippen molar-refractivity contribution in [1.29, 1.82) is 0 Å². The maximum atomic E-state index is 3.20. The fraction of sp³-hybridized carbons (Fsp3) is 0.551. The van der Waals surface area contributed by atoms with Gasteiger partial charge in [0.1, 0.15) is 8.41 Å². The molecule has 3 heteroatoms. The lowest BCUT2D eigenvalue weighted by molar-refractivity contribution is 0.809. The number of anilines is 1. The predicted octanol–water partition coefficient (Wildman–Crippen LogP) is 17.9. The van der Waals surface area contributed by atoms with Crippen LogP contribution in [0.5, 0.6) is 0 Å². The van der Waals surface area contributed by atoms with Gasteiger partial charge in [0.25, 0.3) is 8.24 Å². The minimum Gasteiger partial charge on any atom is -0.363 e. The van der Waals surface area contributed by atoms with Crippen molar-refractivity contribution >= 4 is 48.0 Å². The maximum Gasteiger partial charge on any atom is 0.269 e. The van der Waals surface area contributed by atoms with Crippen molar-refractivity contribution in [2.24, 2.45) is 0 Å². The molecule has 6 rings (SSSR count). The van der Waals surface area contributed by atoms with Crippen molar-refractivity contribution in [3.8, 4) is 0 Å². The lowest BCUT2D eigenvalue weighted by atomic mass is 9.89. The van der Waals surface area contributed by atoms with Crippen LogP contribution in [0, 0.1) is 13.8 Å². The van der Waals surface area contributed by atoms with Crippen LogP contribution in [-0.2, 0) is 0 Å². The van der Waals surface area contributed by atoms with Gasteiger partial charge in [0.2, 0.25) is 0 Å². The summed E-state index contributed by atoms with van der Waals surface area (Å²) in [5.74, 6) is 4.48. The van der Waals surface area contributed by atoms with Crippen LogP contribution in [0.4, 0.5) is 5.69 Å². The maximum absolute atomic E-state index is 3.25. The average molecular weight is 1000 g/mol. The quantitative estimate of drug-likeness (QED) is 0.0663. The molecule has 0 atom stereocenters. The van der Waals surface area contributed by atoms with Gasteiger partial charge in [-0.2, -0.15) is 0 Å². The molecule has 0 aromatic heterocycles. The fourth-order valence-electron chi connectivity index (χ4n) is 12.2. The zero-order valence-corrected chi connectivity index (χ0v) is 52.7. The Kier molecular flexibility index (Phi) is 17.7. The van der Waals surface area contributed by atoms with Gasteiger partial charge in [0.05, 0.1) is 0 Å². The van der Waals surface area contributed by atoms with Crippen molar-refractivity contribution in [3.05, 3.63) is 145 Å². The molecule has 0 aliphatic carbocycles. The highest BCUT2D eigenvalue weighted by Gasteiger charge is 2.69. The second-order valence-electron chi connectivity index (χ2n) is 26.2. The third-order valence-electron chi connectivity index (χ3n) is 16.5. The molecule has 0 radical (unpaired) electrons. The molecule has 5 aromatic carbocycles. The third-order valence-corrected chi connectivity index (χ3v) is 25.8. The molecule has 0 amide bonds. The first kappa shape index (κ1) is 57.5. The van der Waals surface area contributed by atoms with E-state index in [0.717, 1.165) is 0 Å². The van der Waals surface area contributed by atoms with E-state index in [1.807, 2.05) is 0 Å². The van der Waals surface area contributed by atoms with E-state index in [9.17, 15) is 0 Å². The average Bonchev–Trinajstić information content (AvgIpc) is 3.94. The van der Waals surface area contributed by atoms with E-state index < -0.39 is 16.6 Å². The lowest BCUT2D eigenvalue weighted by Crippen LogP contribution is -2.60. The Morgan fingerprint density at radius 3 is 0.750 bits per heavy atom. The Morgan fingerprint density at radius 1 is 0.319 bits per heavy atom. The van der Waals surface area contributed by atoms with Crippen LogP contribution in [0.3, 0.4) is 0 Å². The molecule has 1 aliphatic rings. The molecule has 0 bridgehead atoms. The summed E-state index contributed by atoms with van der Waals surface area (Å²) in [6.07, 6.45) is 0. The SMILES string of the molecule is Cc1cccc(C)c1N1C(=[Si](c2c(C(C)C)cc(C(C)C)cc2C(C)C)c2c(C(C)C)cc(C(C)C)cc2C(C)C)[Si]1(c1c(C(C)C)cc(C(C)C)cc1C(C)C)c1c(C(C)C)cc(C(C)C)cc1C(C)C. The number of para-hydroxylation sites is 1. The molecule has 1 fully saturated rings. The Bertz CT molecular complexity index is 2510. The normalized spacial score (nSPS) is 14.1. The summed E-state index contributed by atoms with van der Waals surface area (Å²) in [7, 11) is -5.08. The van der Waals surface area contributed by atoms with E-state index in [0.29, 0.717) is 71.0 Å². The Balaban J connectivity index is 2.24. The zero-order chi connectivity index (χ0) is 53.9. The summed E-state index contributed by atoms with van der Waals surface area (Å²) in [5, 5.41) is 6.77. The Morgan fingerprint density at radius 2 is 0.542 bits per heavy atom. The number of hydrogen-bond acceptors (Lipinski definition) is 1. The Labute approximate surface area is 445 Å². The van der Waals surface area contributed by atoms with Gasteiger partial charge in [-0.05, 0) is 183 Å². The van der Waals surface area contributed by atoms with Crippen LogP contribution in [0.15, 0.2) is 66.7 Å². The highest BCUT2D eigenvalue weighted by atomic mass is 28.4. The molecule has 390 valence electrons. The summed E-state index contributed by atoms with van der Waals surface area (Å²) < 4.78 is 3.20. The van der Waals surface area contributed by atoms with Gasteiger partial charge in [0, 0.05) is 10.6 Å². The first-order valence-corrected chi connectivity index (χ1v) is 32.3. The zero-order valence-electron chi connectivity index (χ0n) is 50.7. The van der Waals surface area contributed by atoms with Gasteiger partial charge < -0.3 is 4.57 Å². The second-order valence-corrected chi connectivity index (χ2v) is 32.2. The van der Waals surface area contributed by atoms with Crippen molar-refractivity contribution in [3.63, 3.8) is 0 Å². The van der Waals surface area contributed by atoms with Gasteiger partial charge in [-0.25, -0.2) is 0 Å². The molecule has 1 aliphatic heterocycles. The van der Waals surface area contributed by atoms with E-state index in [2.05, 4.69) is 251 Å². The van der Waals surface area contributed by atoms with Crippen LogP contribution in [-0.4, -0.2) is 21.6 Å². The van der Waals surface area contributed by atoms with Gasteiger partial charge in [-0.15, -0.1) is 0 Å². The monoisotopic (exact) mass is 1000 g/mol. The number of aryl methyl sites for hydroxylation is 2. The van der Waals surface area contributed by atoms with Crippen LogP contribution in [0.1, 0.15) is 315 Å². The van der Waals surface area contributed by atoms with E-state index in [-0.39, 0.29) is 0 Å². The molecule has 72 heavy (non-hydrogen) atoms. The van der Waals surface area contributed by atoms with Crippen molar-refractivity contribution in [2.45, 2.75) is 251 Å². The minimum absolute atomic E-state index is 0.336. The number of rotatable bonds is 17. The highest BCUT2D eigenvalue weighted by Crippen LogP contribution is 2.47. The third kappa shape index (κ3) is 10.4. The predicted molar refractivity (Wildman–Crippen MR) is 328 cm³/mol. The molecule has 0 N–H and O–H groups in total. The van der Waals surface area contributed by atoms with Gasteiger partial charge in [-0.1, -0.05) is 233 Å². The Hall–Kier alpha value is -3.80. The molecule has 1 nitrogen and oxygen atoms in total. The summed E-state index contributed by atoms with van der Waals surface area (Å²) >= 11 is 0. The second kappa shape index (κ2) is 22.2. The summed E-state index contributed by atoms with van der Waals surface area (Å²) in [6, 6.07) is 28.8. The van der Waals surface area contributed by atoms with Crippen LogP contribution in [0.25, 0.3) is 0 Å². The topological polar surface area (TPSA) is 3.01 Å². The van der Waals surface area contributed by atoms with E-state index >= 15 is 0 Å². The number of nitrogens with zero attached hydrogens (tertiary/aromatic N) is 1. The summed E-state index contributed by atoms with van der Waals surface area (Å²) in [4.78, 5) is 1.79. The van der Waals surface area contributed by atoms with E-state index in [4.69, 9.17) is 0 Å². The number of hydrogen-bond donors (Lipinski definition) is 0. The van der Waals surface area contributed by atoms with Crippen LogP contribution in [0.2, 0.25) is 0 Å².